The number of nitrogens with one attached hydrogen (secondary N) is 1. The van der Waals surface area contributed by atoms with Crippen LogP contribution in [0.25, 0.3) is 0 Å². The first-order valence-electron chi connectivity index (χ1n) is 7.33. The van der Waals surface area contributed by atoms with Crippen molar-refractivity contribution in [2.24, 2.45) is 0 Å². The van der Waals surface area contributed by atoms with Gasteiger partial charge >= 0.3 is 0 Å². The van der Waals surface area contributed by atoms with Gasteiger partial charge in [-0.2, -0.15) is 0 Å². The molecule has 0 aliphatic carbocycles. The Morgan fingerprint density at radius 3 is 2.25 bits per heavy atom. The number of rotatable bonds is 5. The van der Waals surface area contributed by atoms with Gasteiger partial charge in [-0.3, -0.25) is 4.79 Å². The highest BCUT2D eigenvalue weighted by Gasteiger charge is 2.14. The highest BCUT2D eigenvalue weighted by molar-refractivity contribution is 5.77. The van der Waals surface area contributed by atoms with Gasteiger partial charge in [-0.05, 0) is 30.4 Å². The zero-order valence-electron chi connectivity index (χ0n) is 13.7. The second kappa shape index (κ2) is 6.89. The van der Waals surface area contributed by atoms with Crippen LogP contribution in [0.2, 0.25) is 0 Å². The van der Waals surface area contributed by atoms with Crippen molar-refractivity contribution in [1.29, 1.82) is 0 Å². The number of carbonyl (C=O) groups excluding carboxylic acids is 1. The minimum atomic E-state index is 0.130. The molecule has 1 rings (SSSR count). The molecule has 1 aromatic carbocycles. The Hall–Kier alpha value is -1.35. The third kappa shape index (κ3) is 4.64. The Morgan fingerprint density at radius 1 is 1.25 bits per heavy atom. The Labute approximate surface area is 123 Å². The summed E-state index contributed by atoms with van der Waals surface area (Å²) in [5, 5.41) is 3.28. The van der Waals surface area contributed by atoms with E-state index in [1.165, 1.54) is 11.1 Å². The molecule has 0 aliphatic heterocycles. The van der Waals surface area contributed by atoms with Crippen LogP contribution in [0.1, 0.15) is 51.8 Å². The zero-order chi connectivity index (χ0) is 15.3. The lowest BCUT2D eigenvalue weighted by Crippen LogP contribution is -2.36. The molecule has 3 nitrogen and oxygen atoms in total. The molecule has 0 aliphatic rings. The summed E-state index contributed by atoms with van der Waals surface area (Å²) in [6, 6.07) is 8.82. The van der Waals surface area contributed by atoms with Gasteiger partial charge in [0.25, 0.3) is 0 Å². The van der Waals surface area contributed by atoms with Gasteiger partial charge in [-0.1, -0.05) is 45.0 Å². The fourth-order valence-corrected chi connectivity index (χ4v) is 1.94. The lowest BCUT2D eigenvalue weighted by atomic mass is 9.86. The van der Waals surface area contributed by atoms with E-state index in [1.807, 2.05) is 14.0 Å². The first kappa shape index (κ1) is 16.7. The van der Waals surface area contributed by atoms with Crippen LogP contribution in [0.4, 0.5) is 0 Å². The SMILES string of the molecule is CCN(C)C(=O)CNC(C)c1ccc(C(C)(C)C)cc1. The highest BCUT2D eigenvalue weighted by Crippen LogP contribution is 2.23. The van der Waals surface area contributed by atoms with Crippen molar-refractivity contribution in [3.63, 3.8) is 0 Å². The van der Waals surface area contributed by atoms with Crippen molar-refractivity contribution in [2.75, 3.05) is 20.1 Å². The molecule has 0 heterocycles. The number of hydrogen-bond donors (Lipinski definition) is 1. The number of benzene rings is 1. The summed E-state index contributed by atoms with van der Waals surface area (Å²) in [5.41, 5.74) is 2.72. The van der Waals surface area contributed by atoms with E-state index in [-0.39, 0.29) is 17.4 Å². The number of likely N-dealkylation sites (N-methyl/N-ethyl adjacent to an activating group) is 1. The van der Waals surface area contributed by atoms with Crippen molar-refractivity contribution in [1.82, 2.24) is 10.2 Å². The van der Waals surface area contributed by atoms with Gasteiger partial charge in [0.15, 0.2) is 0 Å². The molecule has 112 valence electrons. The van der Waals surface area contributed by atoms with Crippen LogP contribution < -0.4 is 5.32 Å². The Bertz CT molecular complexity index is 431. The summed E-state index contributed by atoms with van der Waals surface area (Å²) < 4.78 is 0. The molecular weight excluding hydrogens is 248 g/mol. The van der Waals surface area contributed by atoms with Crippen molar-refractivity contribution in [3.05, 3.63) is 35.4 Å². The minimum Gasteiger partial charge on any atom is -0.345 e. The molecule has 1 atom stereocenters. The zero-order valence-corrected chi connectivity index (χ0v) is 13.7. The molecule has 1 aromatic rings. The maximum atomic E-state index is 11.8. The lowest BCUT2D eigenvalue weighted by molar-refractivity contribution is -0.128. The molecule has 1 N–H and O–H groups in total. The molecule has 1 amide bonds. The summed E-state index contributed by atoms with van der Waals surface area (Å²) in [6.07, 6.45) is 0. The normalized spacial score (nSPS) is 13.1. The fourth-order valence-electron chi connectivity index (χ4n) is 1.94. The Balaban J connectivity index is 2.60. The standard InChI is InChI=1S/C17H28N2O/c1-7-19(6)16(20)12-18-13(2)14-8-10-15(11-9-14)17(3,4)5/h8-11,13,18H,7,12H2,1-6H3. The summed E-state index contributed by atoms with van der Waals surface area (Å²) in [6.45, 7) is 11.8. The van der Waals surface area contributed by atoms with Crippen LogP contribution in [-0.2, 0) is 10.2 Å². The van der Waals surface area contributed by atoms with Gasteiger partial charge in [0.1, 0.15) is 0 Å². The Morgan fingerprint density at radius 2 is 1.80 bits per heavy atom. The minimum absolute atomic E-state index is 0.130. The van der Waals surface area contributed by atoms with Gasteiger partial charge in [0.05, 0.1) is 6.54 Å². The number of hydrogen-bond acceptors (Lipinski definition) is 2. The molecular formula is C17H28N2O. The van der Waals surface area contributed by atoms with Crippen LogP contribution >= 0.6 is 0 Å². The van der Waals surface area contributed by atoms with E-state index in [9.17, 15) is 4.79 Å². The van der Waals surface area contributed by atoms with Gasteiger partial charge in [-0.25, -0.2) is 0 Å². The van der Waals surface area contributed by atoms with Crippen LogP contribution in [0.5, 0.6) is 0 Å². The summed E-state index contributed by atoms with van der Waals surface area (Å²) >= 11 is 0. The average Bonchev–Trinajstić information content (AvgIpc) is 2.42. The van der Waals surface area contributed by atoms with Gasteiger partial charge in [0, 0.05) is 19.6 Å². The summed E-state index contributed by atoms with van der Waals surface area (Å²) in [7, 11) is 1.83. The third-order valence-electron chi connectivity index (χ3n) is 3.74. The molecule has 0 bridgehead atoms. The maximum Gasteiger partial charge on any atom is 0.236 e. The summed E-state index contributed by atoms with van der Waals surface area (Å²) in [4.78, 5) is 13.5. The average molecular weight is 276 g/mol. The van der Waals surface area contributed by atoms with Crippen LogP contribution in [0.15, 0.2) is 24.3 Å². The largest absolute Gasteiger partial charge is 0.345 e. The quantitative estimate of drug-likeness (QED) is 0.896. The van der Waals surface area contributed by atoms with Crippen molar-refractivity contribution < 1.29 is 4.79 Å². The van der Waals surface area contributed by atoms with E-state index in [4.69, 9.17) is 0 Å². The number of carbonyl (C=O) groups is 1. The molecule has 3 heteroatoms. The molecule has 0 fully saturated rings. The van der Waals surface area contributed by atoms with Gasteiger partial charge in [-0.15, -0.1) is 0 Å². The molecule has 0 radical (unpaired) electrons. The van der Waals surface area contributed by atoms with Gasteiger partial charge < -0.3 is 10.2 Å². The lowest BCUT2D eigenvalue weighted by Gasteiger charge is -2.21. The van der Waals surface area contributed by atoms with E-state index in [0.29, 0.717) is 6.54 Å². The first-order chi connectivity index (χ1) is 9.25. The van der Waals surface area contributed by atoms with E-state index in [0.717, 1.165) is 6.54 Å². The van der Waals surface area contributed by atoms with Crippen LogP contribution in [0, 0.1) is 0 Å². The topological polar surface area (TPSA) is 32.3 Å². The molecule has 1 unspecified atom stereocenters. The van der Waals surface area contributed by atoms with Crippen LogP contribution in [-0.4, -0.2) is 30.9 Å². The molecule has 0 saturated heterocycles. The smallest absolute Gasteiger partial charge is 0.236 e. The van der Waals surface area contributed by atoms with E-state index >= 15 is 0 Å². The Kier molecular flexibility index (Phi) is 5.75. The van der Waals surface area contributed by atoms with Crippen molar-refractivity contribution in [3.8, 4) is 0 Å². The van der Waals surface area contributed by atoms with Gasteiger partial charge in [0.2, 0.25) is 5.91 Å². The first-order valence-corrected chi connectivity index (χ1v) is 7.33. The highest BCUT2D eigenvalue weighted by atomic mass is 16.2. The van der Waals surface area contributed by atoms with Crippen molar-refractivity contribution >= 4 is 5.91 Å². The van der Waals surface area contributed by atoms with Crippen LogP contribution in [0.3, 0.4) is 0 Å². The molecule has 0 aromatic heterocycles. The third-order valence-corrected chi connectivity index (χ3v) is 3.74. The van der Waals surface area contributed by atoms with E-state index < -0.39 is 0 Å². The summed E-state index contributed by atoms with van der Waals surface area (Å²) in [5.74, 6) is 0.130. The second-order valence-electron chi connectivity index (χ2n) is 6.38. The monoisotopic (exact) mass is 276 g/mol. The van der Waals surface area contributed by atoms with Crippen molar-refractivity contribution in [2.45, 2.75) is 46.1 Å². The second-order valence-corrected chi connectivity index (χ2v) is 6.38. The predicted molar refractivity (Wildman–Crippen MR) is 84.9 cm³/mol. The number of amides is 1. The molecule has 20 heavy (non-hydrogen) atoms. The molecule has 0 saturated carbocycles. The number of nitrogens with zero attached hydrogens (tertiary/aromatic N) is 1. The van der Waals surface area contributed by atoms with E-state index in [2.05, 4.69) is 57.3 Å². The van der Waals surface area contributed by atoms with E-state index in [1.54, 1.807) is 4.90 Å². The fraction of sp³-hybridized carbons (Fsp3) is 0.588. The predicted octanol–water partition coefficient (Wildman–Crippen LogP) is 3.11. The molecule has 0 spiro atoms. The maximum absolute atomic E-state index is 11.8.